The molecule has 0 spiro atoms. The van der Waals surface area contributed by atoms with Crippen LogP contribution in [0.2, 0.25) is 0 Å². The molecular formula is C14H18N2O2S. The lowest BCUT2D eigenvalue weighted by Gasteiger charge is -2.27. The van der Waals surface area contributed by atoms with Gasteiger partial charge in [0.15, 0.2) is 0 Å². The first-order valence-corrected chi connectivity index (χ1v) is 7.83. The van der Waals surface area contributed by atoms with Gasteiger partial charge in [0.2, 0.25) is 0 Å². The van der Waals surface area contributed by atoms with Gasteiger partial charge in [0, 0.05) is 31.0 Å². The van der Waals surface area contributed by atoms with E-state index >= 15 is 0 Å². The largest absolute Gasteiger partial charge is 0.488 e. The molecule has 0 aromatic heterocycles. The van der Waals surface area contributed by atoms with Gasteiger partial charge in [-0.15, -0.1) is 0 Å². The zero-order valence-corrected chi connectivity index (χ0v) is 11.6. The minimum atomic E-state index is 0.0415. The van der Waals surface area contributed by atoms with E-state index in [4.69, 9.17) is 4.74 Å². The minimum absolute atomic E-state index is 0.0415. The van der Waals surface area contributed by atoms with Crippen LogP contribution in [0.3, 0.4) is 0 Å². The summed E-state index contributed by atoms with van der Waals surface area (Å²) in [4.78, 5) is 13.9. The molecule has 5 heteroatoms. The number of urea groups is 1. The number of hydrogen-bond donors (Lipinski definition) is 1. The van der Waals surface area contributed by atoms with Crippen LogP contribution >= 0.6 is 11.8 Å². The molecule has 2 aliphatic heterocycles. The maximum atomic E-state index is 12.0. The Balaban J connectivity index is 1.47. The van der Waals surface area contributed by atoms with Gasteiger partial charge in [-0.3, -0.25) is 0 Å². The van der Waals surface area contributed by atoms with Gasteiger partial charge in [0.05, 0.1) is 6.54 Å². The molecule has 0 aliphatic carbocycles. The fraction of sp³-hybridized carbons (Fsp3) is 0.500. The topological polar surface area (TPSA) is 41.6 Å². The Morgan fingerprint density at radius 3 is 2.95 bits per heavy atom. The second-order valence-corrected chi connectivity index (χ2v) is 6.06. The Hall–Kier alpha value is -1.36. The van der Waals surface area contributed by atoms with Gasteiger partial charge in [-0.2, -0.15) is 11.8 Å². The molecule has 19 heavy (non-hydrogen) atoms. The quantitative estimate of drug-likeness (QED) is 0.896. The summed E-state index contributed by atoms with van der Waals surface area (Å²) in [5.41, 5.74) is 1.23. The van der Waals surface area contributed by atoms with E-state index in [0.717, 1.165) is 36.8 Å². The van der Waals surface area contributed by atoms with Gasteiger partial charge < -0.3 is 15.0 Å². The molecule has 1 aromatic carbocycles. The highest BCUT2D eigenvalue weighted by Crippen LogP contribution is 2.27. The van der Waals surface area contributed by atoms with E-state index in [1.165, 1.54) is 5.56 Å². The second kappa shape index (κ2) is 5.74. The Morgan fingerprint density at radius 1 is 1.37 bits per heavy atom. The molecule has 1 saturated heterocycles. The van der Waals surface area contributed by atoms with Gasteiger partial charge in [-0.05, 0) is 11.6 Å². The summed E-state index contributed by atoms with van der Waals surface area (Å²) in [6, 6.07) is 8.11. The van der Waals surface area contributed by atoms with Crippen molar-refractivity contribution in [2.75, 3.05) is 31.1 Å². The number of amides is 2. The summed E-state index contributed by atoms with van der Waals surface area (Å²) in [6.45, 7) is 2.28. The van der Waals surface area contributed by atoms with Crippen molar-refractivity contribution in [3.8, 4) is 5.75 Å². The molecule has 1 atom stereocenters. The smallest absolute Gasteiger partial charge is 0.317 e. The predicted octanol–water partition coefficient (Wildman–Crippen LogP) is 1.75. The van der Waals surface area contributed by atoms with Gasteiger partial charge in [-0.1, -0.05) is 18.2 Å². The third kappa shape index (κ3) is 2.97. The maximum absolute atomic E-state index is 12.0. The second-order valence-electron chi connectivity index (χ2n) is 4.84. The predicted molar refractivity (Wildman–Crippen MR) is 76.9 cm³/mol. The maximum Gasteiger partial charge on any atom is 0.317 e. The minimum Gasteiger partial charge on any atom is -0.488 e. The van der Waals surface area contributed by atoms with Crippen molar-refractivity contribution in [1.29, 1.82) is 0 Å². The molecule has 1 fully saturated rings. The van der Waals surface area contributed by atoms with E-state index in [0.29, 0.717) is 6.54 Å². The third-order valence-corrected chi connectivity index (χ3v) is 4.44. The first-order chi connectivity index (χ1) is 9.33. The number of para-hydroxylation sites is 1. The number of benzene rings is 1. The van der Waals surface area contributed by atoms with Crippen LogP contribution in [0.1, 0.15) is 5.56 Å². The summed E-state index contributed by atoms with van der Waals surface area (Å²) in [6.07, 6.45) is 0.951. The van der Waals surface area contributed by atoms with Crippen LogP contribution in [0.5, 0.6) is 5.75 Å². The summed E-state index contributed by atoms with van der Waals surface area (Å²) in [5.74, 6) is 3.04. The Labute approximate surface area is 117 Å². The van der Waals surface area contributed by atoms with Crippen LogP contribution in [-0.2, 0) is 6.42 Å². The number of nitrogens with one attached hydrogen (secondary N) is 1. The lowest BCUT2D eigenvalue weighted by molar-refractivity contribution is 0.188. The van der Waals surface area contributed by atoms with Crippen LogP contribution in [0.25, 0.3) is 0 Å². The van der Waals surface area contributed by atoms with Gasteiger partial charge in [0.25, 0.3) is 0 Å². The zero-order chi connectivity index (χ0) is 13.1. The summed E-state index contributed by atoms with van der Waals surface area (Å²) in [5, 5.41) is 2.98. The number of carbonyl (C=O) groups excluding carboxylic acids is 1. The summed E-state index contributed by atoms with van der Waals surface area (Å²) in [7, 11) is 0. The van der Waals surface area contributed by atoms with Crippen molar-refractivity contribution in [2.45, 2.75) is 12.5 Å². The van der Waals surface area contributed by atoms with Crippen LogP contribution in [0, 0.1) is 0 Å². The van der Waals surface area contributed by atoms with E-state index < -0.39 is 0 Å². The van der Waals surface area contributed by atoms with Crippen molar-refractivity contribution in [3.63, 3.8) is 0 Å². The number of carbonyl (C=O) groups is 1. The SMILES string of the molecule is O=C(NCC1Cc2ccccc2O1)N1CCSCC1. The molecule has 1 unspecified atom stereocenters. The van der Waals surface area contributed by atoms with Crippen LogP contribution in [0.15, 0.2) is 24.3 Å². The average Bonchev–Trinajstić information content (AvgIpc) is 2.88. The van der Waals surface area contributed by atoms with E-state index in [1.54, 1.807) is 0 Å². The van der Waals surface area contributed by atoms with Gasteiger partial charge >= 0.3 is 6.03 Å². The third-order valence-electron chi connectivity index (χ3n) is 3.49. The highest BCUT2D eigenvalue weighted by molar-refractivity contribution is 7.99. The van der Waals surface area contributed by atoms with E-state index in [-0.39, 0.29) is 12.1 Å². The van der Waals surface area contributed by atoms with E-state index in [2.05, 4.69) is 11.4 Å². The van der Waals surface area contributed by atoms with E-state index in [9.17, 15) is 4.79 Å². The highest BCUT2D eigenvalue weighted by atomic mass is 32.2. The van der Waals surface area contributed by atoms with Crippen molar-refractivity contribution < 1.29 is 9.53 Å². The molecule has 3 rings (SSSR count). The lowest BCUT2D eigenvalue weighted by Crippen LogP contribution is -2.46. The van der Waals surface area contributed by atoms with E-state index in [1.807, 2.05) is 34.9 Å². The summed E-state index contributed by atoms with van der Waals surface area (Å²) < 4.78 is 5.81. The fourth-order valence-corrected chi connectivity index (χ4v) is 3.35. The molecule has 1 aromatic rings. The Morgan fingerprint density at radius 2 is 2.16 bits per heavy atom. The monoisotopic (exact) mass is 278 g/mol. The number of thioether (sulfide) groups is 1. The number of hydrogen-bond acceptors (Lipinski definition) is 3. The first kappa shape index (κ1) is 12.7. The van der Waals surface area contributed by atoms with Gasteiger partial charge in [-0.25, -0.2) is 4.79 Å². The molecule has 102 valence electrons. The molecule has 0 saturated carbocycles. The van der Waals surface area contributed by atoms with Crippen molar-refractivity contribution in [1.82, 2.24) is 10.2 Å². The molecule has 2 heterocycles. The Kier molecular flexibility index (Phi) is 3.82. The molecule has 1 N–H and O–H groups in total. The number of fused-ring (bicyclic) bond motifs is 1. The summed E-state index contributed by atoms with van der Waals surface area (Å²) >= 11 is 1.90. The van der Waals surface area contributed by atoms with Crippen LogP contribution in [0.4, 0.5) is 4.79 Å². The first-order valence-electron chi connectivity index (χ1n) is 6.68. The zero-order valence-electron chi connectivity index (χ0n) is 10.8. The number of rotatable bonds is 2. The standard InChI is InChI=1S/C14H18N2O2S/c17-14(16-5-7-19-8-6-16)15-10-12-9-11-3-1-2-4-13(11)18-12/h1-4,12H,5-10H2,(H,15,17). The number of ether oxygens (including phenoxy) is 1. The van der Waals surface area contributed by atoms with Crippen molar-refractivity contribution in [2.24, 2.45) is 0 Å². The van der Waals surface area contributed by atoms with Crippen LogP contribution < -0.4 is 10.1 Å². The molecule has 0 bridgehead atoms. The fourth-order valence-electron chi connectivity index (χ4n) is 2.45. The molecular weight excluding hydrogens is 260 g/mol. The highest BCUT2D eigenvalue weighted by Gasteiger charge is 2.24. The molecule has 4 nitrogen and oxygen atoms in total. The molecule has 0 radical (unpaired) electrons. The van der Waals surface area contributed by atoms with Crippen LogP contribution in [-0.4, -0.2) is 48.2 Å². The van der Waals surface area contributed by atoms with Crippen molar-refractivity contribution in [3.05, 3.63) is 29.8 Å². The average molecular weight is 278 g/mol. The Bertz CT molecular complexity index is 436. The molecule has 2 amide bonds. The molecule has 2 aliphatic rings. The van der Waals surface area contributed by atoms with Gasteiger partial charge in [0.1, 0.15) is 11.9 Å². The normalized spacial score (nSPS) is 21.7. The van der Waals surface area contributed by atoms with Crippen molar-refractivity contribution >= 4 is 17.8 Å². The lowest BCUT2D eigenvalue weighted by atomic mass is 10.1. The number of nitrogens with zero attached hydrogens (tertiary/aromatic N) is 1.